The Labute approximate surface area is 152 Å². The average molecular weight is 380 g/mol. The summed E-state index contributed by atoms with van der Waals surface area (Å²) in [5.74, 6) is -0.294. The number of hydrogen-bond donors (Lipinski definition) is 2. The van der Waals surface area contributed by atoms with E-state index in [0.717, 1.165) is 12.8 Å². The monoisotopic (exact) mass is 380 g/mol. The van der Waals surface area contributed by atoms with Crippen molar-refractivity contribution in [3.63, 3.8) is 0 Å². The van der Waals surface area contributed by atoms with Gasteiger partial charge < -0.3 is 10.1 Å². The topological polar surface area (TPSA) is 84.5 Å². The van der Waals surface area contributed by atoms with Gasteiger partial charge in [0.2, 0.25) is 0 Å². The lowest BCUT2D eigenvalue weighted by Gasteiger charge is -2.10. The summed E-state index contributed by atoms with van der Waals surface area (Å²) in [5.41, 5.74) is 0.260. The molecule has 2 rings (SSSR count). The Kier molecular flexibility index (Phi) is 6.97. The smallest absolute Gasteiger partial charge is 0.261 e. The van der Waals surface area contributed by atoms with Crippen molar-refractivity contribution in [3.05, 3.63) is 54.3 Å². The number of carbonyl (C=O) groups is 1. The van der Waals surface area contributed by atoms with Gasteiger partial charge in [0.1, 0.15) is 11.6 Å². The summed E-state index contributed by atoms with van der Waals surface area (Å²) in [5, 5.41) is 2.72. The molecule has 0 aliphatic heterocycles. The lowest BCUT2D eigenvalue weighted by Crippen LogP contribution is -2.29. The first-order valence-corrected chi connectivity index (χ1v) is 9.67. The van der Waals surface area contributed by atoms with E-state index in [1.165, 1.54) is 48.5 Å². The maximum absolute atomic E-state index is 12.9. The minimum Gasteiger partial charge on any atom is -0.484 e. The molecule has 1 amide bonds. The van der Waals surface area contributed by atoms with E-state index in [0.29, 0.717) is 12.3 Å². The van der Waals surface area contributed by atoms with Gasteiger partial charge in [-0.1, -0.05) is 13.3 Å². The zero-order valence-corrected chi connectivity index (χ0v) is 15.2. The minimum atomic E-state index is -3.80. The van der Waals surface area contributed by atoms with Crippen molar-refractivity contribution in [2.75, 3.05) is 17.9 Å². The average Bonchev–Trinajstić information content (AvgIpc) is 2.62. The molecule has 0 spiro atoms. The number of benzene rings is 2. The van der Waals surface area contributed by atoms with Gasteiger partial charge in [0.05, 0.1) is 4.90 Å². The van der Waals surface area contributed by atoms with Crippen molar-refractivity contribution in [2.45, 2.75) is 24.7 Å². The first kappa shape index (κ1) is 19.7. The molecule has 140 valence electrons. The third kappa shape index (κ3) is 6.03. The number of nitrogens with one attached hydrogen (secondary N) is 2. The molecule has 0 bridgehead atoms. The molecule has 0 aromatic heterocycles. The third-order valence-corrected chi connectivity index (χ3v) is 4.85. The highest BCUT2D eigenvalue weighted by atomic mass is 32.2. The molecular formula is C18H21FN2O4S. The Hall–Kier alpha value is -2.61. The van der Waals surface area contributed by atoms with Crippen LogP contribution in [0, 0.1) is 5.82 Å². The number of ether oxygens (including phenoxy) is 1. The lowest BCUT2D eigenvalue weighted by atomic mass is 10.3. The van der Waals surface area contributed by atoms with Crippen LogP contribution in [-0.2, 0) is 14.8 Å². The molecule has 8 heteroatoms. The van der Waals surface area contributed by atoms with Crippen molar-refractivity contribution >= 4 is 21.6 Å². The van der Waals surface area contributed by atoms with Crippen molar-refractivity contribution in [1.29, 1.82) is 0 Å². The quantitative estimate of drug-likeness (QED) is 0.655. The molecule has 2 aromatic rings. The van der Waals surface area contributed by atoms with Crippen molar-refractivity contribution in [1.82, 2.24) is 5.32 Å². The van der Waals surface area contributed by atoms with E-state index in [1.807, 2.05) is 6.92 Å². The van der Waals surface area contributed by atoms with E-state index in [2.05, 4.69) is 10.0 Å². The molecule has 0 atom stereocenters. The van der Waals surface area contributed by atoms with E-state index in [1.54, 1.807) is 0 Å². The summed E-state index contributed by atoms with van der Waals surface area (Å²) in [6.45, 7) is 2.50. The second-order valence-electron chi connectivity index (χ2n) is 5.58. The van der Waals surface area contributed by atoms with Gasteiger partial charge in [0.15, 0.2) is 6.61 Å². The highest BCUT2D eigenvalue weighted by Gasteiger charge is 2.14. The first-order valence-electron chi connectivity index (χ1n) is 8.18. The van der Waals surface area contributed by atoms with Crippen LogP contribution in [0.5, 0.6) is 5.75 Å². The van der Waals surface area contributed by atoms with Gasteiger partial charge in [-0.3, -0.25) is 9.52 Å². The van der Waals surface area contributed by atoms with Gasteiger partial charge in [0, 0.05) is 12.2 Å². The third-order valence-electron chi connectivity index (χ3n) is 3.45. The Bertz CT molecular complexity index is 821. The van der Waals surface area contributed by atoms with Crippen LogP contribution in [0.25, 0.3) is 0 Å². The van der Waals surface area contributed by atoms with Crippen LogP contribution in [0.4, 0.5) is 10.1 Å². The van der Waals surface area contributed by atoms with Crippen molar-refractivity contribution < 1.29 is 22.3 Å². The number of sulfonamides is 1. The Balaban J connectivity index is 1.93. The fraction of sp³-hybridized carbons (Fsp3) is 0.278. The summed E-state index contributed by atoms with van der Waals surface area (Å²) in [6.07, 6.45) is 1.89. The molecule has 0 heterocycles. The van der Waals surface area contributed by atoms with Crippen LogP contribution < -0.4 is 14.8 Å². The van der Waals surface area contributed by atoms with E-state index >= 15 is 0 Å². The SMILES string of the molecule is CCCCNC(=O)COc1ccc(S(=O)(=O)Nc2ccc(F)cc2)cc1. The Morgan fingerprint density at radius 1 is 1.08 bits per heavy atom. The lowest BCUT2D eigenvalue weighted by molar-refractivity contribution is -0.123. The van der Waals surface area contributed by atoms with Crippen molar-refractivity contribution in [3.8, 4) is 5.75 Å². The van der Waals surface area contributed by atoms with Gasteiger partial charge in [-0.25, -0.2) is 12.8 Å². The van der Waals surface area contributed by atoms with Gasteiger partial charge in [-0.15, -0.1) is 0 Å². The number of unbranched alkanes of at least 4 members (excludes halogenated alkanes) is 1. The van der Waals surface area contributed by atoms with Crippen LogP contribution in [0.1, 0.15) is 19.8 Å². The molecule has 26 heavy (non-hydrogen) atoms. The Morgan fingerprint density at radius 2 is 1.73 bits per heavy atom. The van der Waals surface area contributed by atoms with E-state index < -0.39 is 15.8 Å². The van der Waals surface area contributed by atoms with Crippen molar-refractivity contribution in [2.24, 2.45) is 0 Å². The molecule has 0 aliphatic rings. The van der Waals surface area contributed by atoms with Crippen LogP contribution in [-0.4, -0.2) is 27.5 Å². The standard InChI is InChI=1S/C18H21FN2O4S/c1-2-3-12-20-18(22)13-25-16-8-10-17(11-9-16)26(23,24)21-15-6-4-14(19)5-7-15/h4-11,21H,2-3,12-13H2,1H3,(H,20,22). The summed E-state index contributed by atoms with van der Waals surface area (Å²) in [6, 6.07) is 10.7. The second-order valence-corrected chi connectivity index (χ2v) is 7.26. The summed E-state index contributed by atoms with van der Waals surface area (Å²) in [7, 11) is -3.80. The summed E-state index contributed by atoms with van der Waals surface area (Å²) < 4.78 is 45.2. The van der Waals surface area contributed by atoms with Gasteiger partial charge >= 0.3 is 0 Å². The molecule has 2 N–H and O–H groups in total. The number of rotatable bonds is 9. The van der Waals surface area contributed by atoms with Gasteiger partial charge in [0.25, 0.3) is 15.9 Å². The van der Waals surface area contributed by atoms with Crippen LogP contribution in [0.2, 0.25) is 0 Å². The molecule has 2 aromatic carbocycles. The highest BCUT2D eigenvalue weighted by molar-refractivity contribution is 7.92. The van der Waals surface area contributed by atoms with E-state index in [-0.39, 0.29) is 23.1 Å². The van der Waals surface area contributed by atoms with E-state index in [9.17, 15) is 17.6 Å². The maximum atomic E-state index is 12.9. The number of anilines is 1. The van der Waals surface area contributed by atoms with Crippen LogP contribution >= 0.6 is 0 Å². The van der Waals surface area contributed by atoms with Gasteiger partial charge in [-0.2, -0.15) is 0 Å². The fourth-order valence-corrected chi connectivity index (χ4v) is 3.11. The fourth-order valence-electron chi connectivity index (χ4n) is 2.05. The number of amides is 1. The minimum absolute atomic E-state index is 0.0292. The number of hydrogen-bond acceptors (Lipinski definition) is 4. The molecule has 6 nitrogen and oxygen atoms in total. The zero-order valence-electron chi connectivity index (χ0n) is 14.4. The molecule has 0 fully saturated rings. The summed E-state index contributed by atoms with van der Waals surface area (Å²) >= 11 is 0. The summed E-state index contributed by atoms with van der Waals surface area (Å²) in [4.78, 5) is 11.6. The molecule has 0 saturated carbocycles. The van der Waals surface area contributed by atoms with E-state index in [4.69, 9.17) is 4.74 Å². The molecule has 0 saturated heterocycles. The number of carbonyl (C=O) groups excluding carboxylic acids is 1. The van der Waals surface area contributed by atoms with Gasteiger partial charge in [-0.05, 0) is 55.0 Å². The molecule has 0 unspecified atom stereocenters. The first-order chi connectivity index (χ1) is 12.4. The predicted molar refractivity (Wildman–Crippen MR) is 97.1 cm³/mol. The predicted octanol–water partition coefficient (Wildman–Crippen LogP) is 2.92. The molecular weight excluding hydrogens is 359 g/mol. The molecule has 0 aliphatic carbocycles. The highest BCUT2D eigenvalue weighted by Crippen LogP contribution is 2.19. The van der Waals surface area contributed by atoms with Crippen LogP contribution in [0.15, 0.2) is 53.4 Å². The largest absolute Gasteiger partial charge is 0.484 e. The van der Waals surface area contributed by atoms with Crippen LogP contribution in [0.3, 0.4) is 0 Å². The molecule has 0 radical (unpaired) electrons. The normalized spacial score (nSPS) is 11.0. The Morgan fingerprint density at radius 3 is 2.35 bits per heavy atom. The second kappa shape index (κ2) is 9.19. The maximum Gasteiger partial charge on any atom is 0.261 e. The zero-order chi connectivity index (χ0) is 19.0. The number of halogens is 1.